The summed E-state index contributed by atoms with van der Waals surface area (Å²) >= 11 is 0. The molecule has 0 saturated carbocycles. The molecule has 0 radical (unpaired) electrons. The van der Waals surface area contributed by atoms with Gasteiger partial charge in [0.15, 0.2) is 9.84 Å². The van der Waals surface area contributed by atoms with Crippen LogP contribution in [0.5, 0.6) is 0 Å². The number of nitro groups is 1. The average Bonchev–Trinajstić information content (AvgIpc) is 2.67. The molecule has 1 saturated heterocycles. The van der Waals surface area contributed by atoms with E-state index in [9.17, 15) is 23.3 Å². The van der Waals surface area contributed by atoms with Gasteiger partial charge in [0, 0.05) is 50.9 Å². The Morgan fingerprint density at radius 3 is 2.44 bits per heavy atom. The number of piperazine rings is 1. The zero-order valence-electron chi connectivity index (χ0n) is 14.6. The number of benzene rings is 1. The molecule has 0 unspecified atom stereocenters. The number of rotatable bonds is 4. The average molecular weight is 390 g/mol. The second-order valence-corrected chi connectivity index (χ2v) is 8.22. The first-order valence-corrected chi connectivity index (χ1v) is 10.1. The lowest BCUT2D eigenvalue weighted by Gasteiger charge is -2.35. The van der Waals surface area contributed by atoms with E-state index in [4.69, 9.17) is 0 Å². The number of amides is 1. The Bertz CT molecular complexity index is 970. The summed E-state index contributed by atoms with van der Waals surface area (Å²) in [6, 6.07) is 7.28. The van der Waals surface area contributed by atoms with Gasteiger partial charge in [-0.1, -0.05) is 0 Å². The zero-order valence-corrected chi connectivity index (χ0v) is 15.4. The van der Waals surface area contributed by atoms with Gasteiger partial charge in [0.1, 0.15) is 5.69 Å². The first kappa shape index (κ1) is 18.8. The highest BCUT2D eigenvalue weighted by molar-refractivity contribution is 7.90. The third kappa shape index (κ3) is 4.05. The molecule has 0 aliphatic carbocycles. The number of carbonyl (C=O) groups is 1. The molecule has 1 fully saturated rings. The number of nitro benzene ring substituents is 1. The minimum atomic E-state index is -3.54. The lowest BCUT2D eigenvalue weighted by molar-refractivity contribution is -0.384. The maximum absolute atomic E-state index is 12.5. The van der Waals surface area contributed by atoms with E-state index < -0.39 is 14.8 Å². The van der Waals surface area contributed by atoms with Crippen molar-refractivity contribution in [2.45, 2.75) is 4.90 Å². The van der Waals surface area contributed by atoms with Gasteiger partial charge in [-0.15, -0.1) is 0 Å². The molecule has 1 amide bonds. The van der Waals surface area contributed by atoms with Crippen molar-refractivity contribution in [3.8, 4) is 0 Å². The quantitative estimate of drug-likeness (QED) is 0.572. The van der Waals surface area contributed by atoms with Crippen LogP contribution in [-0.2, 0) is 9.84 Å². The highest BCUT2D eigenvalue weighted by Gasteiger charge is 2.27. The number of nitrogens with zero attached hydrogens (tertiary/aromatic N) is 4. The van der Waals surface area contributed by atoms with E-state index in [2.05, 4.69) is 4.98 Å². The molecular formula is C17H18N4O5S. The highest BCUT2D eigenvalue weighted by Crippen LogP contribution is 2.31. The van der Waals surface area contributed by atoms with Crippen molar-refractivity contribution in [3.05, 3.63) is 58.4 Å². The van der Waals surface area contributed by atoms with Crippen molar-refractivity contribution >= 4 is 27.1 Å². The van der Waals surface area contributed by atoms with Crippen LogP contribution in [0, 0.1) is 10.1 Å². The third-order valence-electron chi connectivity index (χ3n) is 4.39. The minimum absolute atomic E-state index is 0.0941. The maximum atomic E-state index is 12.5. The summed E-state index contributed by atoms with van der Waals surface area (Å²) in [5, 5.41) is 11.4. The van der Waals surface area contributed by atoms with Gasteiger partial charge >= 0.3 is 0 Å². The number of aromatic nitrogens is 1. The summed E-state index contributed by atoms with van der Waals surface area (Å²) in [4.78, 5) is 30.6. The Labute approximate surface area is 156 Å². The Morgan fingerprint density at radius 1 is 1.19 bits per heavy atom. The number of sulfone groups is 1. The Balaban J connectivity index is 1.78. The van der Waals surface area contributed by atoms with Crippen LogP contribution in [0.15, 0.2) is 47.6 Å². The monoisotopic (exact) mass is 390 g/mol. The topological polar surface area (TPSA) is 114 Å². The molecular weight excluding hydrogens is 372 g/mol. The van der Waals surface area contributed by atoms with Gasteiger partial charge in [0.05, 0.1) is 15.4 Å². The summed E-state index contributed by atoms with van der Waals surface area (Å²) in [6.07, 6.45) is 4.10. The molecule has 0 bridgehead atoms. The van der Waals surface area contributed by atoms with Crippen LogP contribution in [0.3, 0.4) is 0 Å². The van der Waals surface area contributed by atoms with Crippen LogP contribution in [0.1, 0.15) is 10.4 Å². The van der Waals surface area contributed by atoms with Crippen LogP contribution in [0.4, 0.5) is 11.4 Å². The molecule has 2 aromatic rings. The van der Waals surface area contributed by atoms with Crippen molar-refractivity contribution in [3.63, 3.8) is 0 Å². The summed E-state index contributed by atoms with van der Waals surface area (Å²) in [5.41, 5.74) is 0.584. The number of pyridine rings is 1. The fourth-order valence-corrected chi connectivity index (χ4v) is 3.61. The smallest absolute Gasteiger partial charge is 0.293 e. The SMILES string of the molecule is CS(=O)(=O)c1ccc(N2CCN(C(=O)c3cccnc3)CC2)c([N+](=O)[O-])c1. The van der Waals surface area contributed by atoms with Crippen molar-refractivity contribution in [2.24, 2.45) is 0 Å². The summed E-state index contributed by atoms with van der Waals surface area (Å²) in [5.74, 6) is -0.135. The predicted octanol–water partition coefficient (Wildman–Crippen LogP) is 1.36. The first-order valence-electron chi connectivity index (χ1n) is 8.20. The van der Waals surface area contributed by atoms with Crippen molar-refractivity contribution < 1.29 is 18.1 Å². The molecule has 1 aromatic carbocycles. The molecule has 3 rings (SSSR count). The first-order chi connectivity index (χ1) is 12.8. The third-order valence-corrected chi connectivity index (χ3v) is 5.50. The summed E-state index contributed by atoms with van der Waals surface area (Å²) in [6.45, 7) is 1.62. The van der Waals surface area contributed by atoms with Crippen LogP contribution in [0.2, 0.25) is 0 Å². The van der Waals surface area contributed by atoms with Crippen molar-refractivity contribution in [2.75, 3.05) is 37.3 Å². The number of anilines is 1. The van der Waals surface area contributed by atoms with Gasteiger partial charge in [-0.3, -0.25) is 19.9 Å². The molecule has 1 aromatic heterocycles. The largest absolute Gasteiger partial charge is 0.362 e. The predicted molar refractivity (Wildman–Crippen MR) is 98.6 cm³/mol. The van der Waals surface area contributed by atoms with Crippen LogP contribution < -0.4 is 4.90 Å². The van der Waals surface area contributed by atoms with Gasteiger partial charge in [0.25, 0.3) is 11.6 Å². The zero-order chi connectivity index (χ0) is 19.6. The molecule has 142 valence electrons. The lowest BCUT2D eigenvalue weighted by Crippen LogP contribution is -2.49. The number of hydrogen-bond donors (Lipinski definition) is 0. The normalized spacial score (nSPS) is 14.9. The second kappa shape index (κ2) is 7.31. The Hall–Kier alpha value is -3.01. The molecule has 0 atom stereocenters. The van der Waals surface area contributed by atoms with E-state index >= 15 is 0 Å². The van der Waals surface area contributed by atoms with Crippen LogP contribution in [-0.4, -0.2) is 61.6 Å². The van der Waals surface area contributed by atoms with Gasteiger partial charge in [-0.05, 0) is 24.3 Å². The van der Waals surface area contributed by atoms with Gasteiger partial charge in [-0.2, -0.15) is 0 Å². The Kier molecular flexibility index (Phi) is 5.08. The molecule has 27 heavy (non-hydrogen) atoms. The number of hydrogen-bond acceptors (Lipinski definition) is 7. The minimum Gasteiger partial charge on any atom is -0.362 e. The van der Waals surface area contributed by atoms with Crippen LogP contribution in [0.25, 0.3) is 0 Å². The molecule has 1 aliphatic rings. The van der Waals surface area contributed by atoms with E-state index in [1.807, 2.05) is 0 Å². The van der Waals surface area contributed by atoms with Gasteiger partial charge in [-0.25, -0.2) is 8.42 Å². The lowest BCUT2D eigenvalue weighted by atomic mass is 10.2. The van der Waals surface area contributed by atoms with E-state index in [0.29, 0.717) is 37.4 Å². The molecule has 9 nitrogen and oxygen atoms in total. The fraction of sp³-hybridized carbons (Fsp3) is 0.294. The summed E-state index contributed by atoms with van der Waals surface area (Å²) in [7, 11) is -3.54. The van der Waals surface area contributed by atoms with Gasteiger partial charge < -0.3 is 9.80 Å². The van der Waals surface area contributed by atoms with E-state index in [1.54, 1.807) is 28.1 Å². The van der Waals surface area contributed by atoms with E-state index in [0.717, 1.165) is 12.3 Å². The molecule has 2 heterocycles. The Morgan fingerprint density at radius 2 is 1.89 bits per heavy atom. The molecule has 1 aliphatic heterocycles. The fourth-order valence-electron chi connectivity index (χ4n) is 2.97. The van der Waals surface area contributed by atoms with E-state index in [1.165, 1.54) is 18.3 Å². The van der Waals surface area contributed by atoms with E-state index in [-0.39, 0.29) is 16.5 Å². The molecule has 0 spiro atoms. The standard InChI is InChI=1S/C17H18N4O5S/c1-27(25,26)14-4-5-15(16(11-14)21(23)24)19-7-9-20(10-8-19)17(22)13-3-2-6-18-12-13/h2-6,11-12H,7-10H2,1H3. The maximum Gasteiger partial charge on any atom is 0.293 e. The second-order valence-electron chi connectivity index (χ2n) is 6.20. The van der Waals surface area contributed by atoms with Crippen molar-refractivity contribution in [1.82, 2.24) is 9.88 Å². The summed E-state index contributed by atoms with van der Waals surface area (Å²) < 4.78 is 23.3. The van der Waals surface area contributed by atoms with Crippen molar-refractivity contribution in [1.29, 1.82) is 0 Å². The molecule has 10 heteroatoms. The van der Waals surface area contributed by atoms with Gasteiger partial charge in [0.2, 0.25) is 0 Å². The number of carbonyl (C=O) groups excluding carboxylic acids is 1. The molecule has 0 N–H and O–H groups in total. The van der Waals surface area contributed by atoms with Crippen LogP contribution >= 0.6 is 0 Å². The highest BCUT2D eigenvalue weighted by atomic mass is 32.2.